The molecule has 0 heterocycles. The van der Waals surface area contributed by atoms with Gasteiger partial charge in [-0.1, -0.05) is 36.4 Å². The van der Waals surface area contributed by atoms with Crippen molar-refractivity contribution in [3.8, 4) is 5.75 Å². The number of hydrogen-bond acceptors (Lipinski definition) is 4. The Morgan fingerprint density at radius 2 is 1.95 bits per heavy atom. The maximum atomic E-state index is 11.1. The van der Waals surface area contributed by atoms with Gasteiger partial charge in [-0.25, -0.2) is 0 Å². The Kier molecular flexibility index (Phi) is 4.73. The Hall–Kier alpha value is -2.89. The van der Waals surface area contributed by atoms with Crippen LogP contribution in [0.2, 0.25) is 0 Å². The van der Waals surface area contributed by atoms with E-state index < -0.39 is 16.8 Å². The van der Waals surface area contributed by atoms with E-state index in [1.165, 1.54) is 25.1 Å². The van der Waals surface area contributed by atoms with Gasteiger partial charge in [0.2, 0.25) is 0 Å². The first-order chi connectivity index (χ1) is 10.5. The molecule has 114 valence electrons. The summed E-state index contributed by atoms with van der Waals surface area (Å²) < 4.78 is 5.52. The SMILES string of the molecule is CC(C(=O)O)c1ccc([N+](=O)[O-])c(OCc2ccccc2)c1. The number of ether oxygens (including phenoxy) is 1. The number of benzene rings is 2. The van der Waals surface area contributed by atoms with Gasteiger partial charge in [0.1, 0.15) is 6.61 Å². The first kappa shape index (κ1) is 15.5. The van der Waals surface area contributed by atoms with E-state index in [1.54, 1.807) is 0 Å². The van der Waals surface area contributed by atoms with E-state index in [0.717, 1.165) is 5.56 Å². The quantitative estimate of drug-likeness (QED) is 0.652. The summed E-state index contributed by atoms with van der Waals surface area (Å²) in [5.74, 6) is -1.69. The third-order valence-corrected chi connectivity index (χ3v) is 3.29. The molecular weight excluding hydrogens is 286 g/mol. The molecule has 0 saturated heterocycles. The number of carboxylic acids is 1. The molecule has 0 aliphatic rings. The highest BCUT2D eigenvalue weighted by Crippen LogP contribution is 2.31. The largest absolute Gasteiger partial charge is 0.482 e. The van der Waals surface area contributed by atoms with E-state index in [1.807, 2.05) is 30.3 Å². The zero-order chi connectivity index (χ0) is 16.1. The van der Waals surface area contributed by atoms with Crippen molar-refractivity contribution in [2.24, 2.45) is 0 Å². The van der Waals surface area contributed by atoms with Crippen LogP contribution in [-0.2, 0) is 11.4 Å². The molecular formula is C16H15NO5. The van der Waals surface area contributed by atoms with E-state index in [-0.39, 0.29) is 18.0 Å². The van der Waals surface area contributed by atoms with E-state index in [4.69, 9.17) is 9.84 Å². The Morgan fingerprint density at radius 1 is 1.27 bits per heavy atom. The van der Waals surface area contributed by atoms with E-state index in [2.05, 4.69) is 0 Å². The maximum Gasteiger partial charge on any atom is 0.310 e. The van der Waals surface area contributed by atoms with Crippen LogP contribution in [-0.4, -0.2) is 16.0 Å². The van der Waals surface area contributed by atoms with Crippen molar-refractivity contribution >= 4 is 11.7 Å². The summed E-state index contributed by atoms with van der Waals surface area (Å²) >= 11 is 0. The normalized spacial score (nSPS) is 11.7. The molecule has 2 rings (SSSR count). The van der Waals surface area contributed by atoms with Gasteiger partial charge in [-0.05, 0) is 24.1 Å². The second-order valence-corrected chi connectivity index (χ2v) is 4.82. The average molecular weight is 301 g/mol. The van der Waals surface area contributed by atoms with Gasteiger partial charge >= 0.3 is 11.7 Å². The first-order valence-corrected chi connectivity index (χ1v) is 6.67. The van der Waals surface area contributed by atoms with Crippen molar-refractivity contribution in [2.75, 3.05) is 0 Å². The molecule has 22 heavy (non-hydrogen) atoms. The Bertz CT molecular complexity index is 684. The third-order valence-electron chi connectivity index (χ3n) is 3.29. The van der Waals surface area contributed by atoms with Crippen LogP contribution in [0.15, 0.2) is 48.5 Å². The maximum absolute atomic E-state index is 11.1. The van der Waals surface area contributed by atoms with Crippen LogP contribution < -0.4 is 4.74 Å². The van der Waals surface area contributed by atoms with E-state index in [0.29, 0.717) is 5.56 Å². The minimum absolute atomic E-state index is 0.0689. The summed E-state index contributed by atoms with van der Waals surface area (Å²) in [6.45, 7) is 1.69. The molecule has 0 bridgehead atoms. The van der Waals surface area contributed by atoms with Gasteiger partial charge in [0.05, 0.1) is 10.8 Å². The van der Waals surface area contributed by atoms with Crippen molar-refractivity contribution < 1.29 is 19.6 Å². The summed E-state index contributed by atoms with van der Waals surface area (Å²) in [6.07, 6.45) is 0. The molecule has 0 radical (unpaired) electrons. The second kappa shape index (κ2) is 6.71. The van der Waals surface area contributed by atoms with Gasteiger partial charge in [0.15, 0.2) is 5.75 Å². The Labute approximate surface area is 127 Å². The number of aliphatic carboxylic acids is 1. The molecule has 0 spiro atoms. The number of nitro groups is 1. The van der Waals surface area contributed by atoms with Crippen LogP contribution in [0.4, 0.5) is 5.69 Å². The minimum Gasteiger partial charge on any atom is -0.482 e. The molecule has 6 heteroatoms. The lowest BCUT2D eigenvalue weighted by molar-refractivity contribution is -0.386. The monoisotopic (exact) mass is 301 g/mol. The smallest absolute Gasteiger partial charge is 0.310 e. The van der Waals surface area contributed by atoms with Crippen molar-refractivity contribution in [1.82, 2.24) is 0 Å². The molecule has 2 aromatic rings. The van der Waals surface area contributed by atoms with Gasteiger partial charge in [0, 0.05) is 6.07 Å². The standard InChI is InChI=1S/C16H15NO5/c1-11(16(18)19)13-7-8-14(17(20)21)15(9-13)22-10-12-5-3-2-4-6-12/h2-9,11H,10H2,1H3,(H,18,19). The first-order valence-electron chi connectivity index (χ1n) is 6.67. The Morgan fingerprint density at radius 3 is 2.55 bits per heavy atom. The summed E-state index contributed by atoms with van der Waals surface area (Å²) in [5.41, 5.74) is 1.15. The van der Waals surface area contributed by atoms with Gasteiger partial charge in [-0.2, -0.15) is 0 Å². The molecule has 1 unspecified atom stereocenters. The van der Waals surface area contributed by atoms with Crippen LogP contribution in [0.25, 0.3) is 0 Å². The van der Waals surface area contributed by atoms with Crippen LogP contribution >= 0.6 is 0 Å². The highest BCUT2D eigenvalue weighted by Gasteiger charge is 2.20. The zero-order valence-electron chi connectivity index (χ0n) is 11.9. The summed E-state index contributed by atoms with van der Waals surface area (Å²) in [6, 6.07) is 13.4. The lowest BCUT2D eigenvalue weighted by Crippen LogP contribution is -2.08. The summed E-state index contributed by atoms with van der Waals surface area (Å²) in [4.78, 5) is 21.5. The topological polar surface area (TPSA) is 89.7 Å². The number of hydrogen-bond donors (Lipinski definition) is 1. The van der Waals surface area contributed by atoms with Crippen molar-refractivity contribution in [3.05, 3.63) is 69.8 Å². The lowest BCUT2D eigenvalue weighted by Gasteiger charge is -2.11. The molecule has 0 amide bonds. The molecule has 0 aromatic heterocycles. The van der Waals surface area contributed by atoms with Crippen LogP contribution in [0.3, 0.4) is 0 Å². The number of carboxylic acid groups (broad SMARTS) is 1. The average Bonchev–Trinajstić information content (AvgIpc) is 2.52. The molecule has 6 nitrogen and oxygen atoms in total. The third kappa shape index (κ3) is 3.60. The minimum atomic E-state index is -0.997. The Balaban J connectivity index is 2.28. The fraction of sp³-hybridized carbons (Fsp3) is 0.188. The van der Waals surface area contributed by atoms with E-state index in [9.17, 15) is 14.9 Å². The number of rotatable bonds is 6. The zero-order valence-corrected chi connectivity index (χ0v) is 11.9. The van der Waals surface area contributed by atoms with Crippen molar-refractivity contribution in [2.45, 2.75) is 19.4 Å². The molecule has 0 aliphatic heterocycles. The van der Waals surface area contributed by atoms with Crippen LogP contribution in [0.1, 0.15) is 24.0 Å². The van der Waals surface area contributed by atoms with Gasteiger partial charge in [0.25, 0.3) is 0 Å². The molecule has 0 saturated carbocycles. The molecule has 1 atom stereocenters. The molecule has 0 aliphatic carbocycles. The number of nitro benzene ring substituents is 1. The highest BCUT2D eigenvalue weighted by atomic mass is 16.6. The van der Waals surface area contributed by atoms with Crippen molar-refractivity contribution in [1.29, 1.82) is 0 Å². The fourth-order valence-corrected chi connectivity index (χ4v) is 1.94. The predicted molar refractivity (Wildman–Crippen MR) is 79.9 cm³/mol. The van der Waals surface area contributed by atoms with Crippen molar-refractivity contribution in [3.63, 3.8) is 0 Å². The van der Waals surface area contributed by atoms with Gasteiger partial charge in [-0.3, -0.25) is 14.9 Å². The summed E-state index contributed by atoms with van der Waals surface area (Å²) in [7, 11) is 0. The molecule has 2 aromatic carbocycles. The predicted octanol–water partition coefficient (Wildman–Crippen LogP) is 3.36. The highest BCUT2D eigenvalue weighted by molar-refractivity contribution is 5.76. The second-order valence-electron chi connectivity index (χ2n) is 4.82. The number of carbonyl (C=O) groups is 1. The van der Waals surface area contributed by atoms with Gasteiger partial charge < -0.3 is 9.84 Å². The van der Waals surface area contributed by atoms with Gasteiger partial charge in [-0.15, -0.1) is 0 Å². The fourth-order valence-electron chi connectivity index (χ4n) is 1.94. The van der Waals surface area contributed by atoms with E-state index >= 15 is 0 Å². The summed E-state index contributed by atoms with van der Waals surface area (Å²) in [5, 5.41) is 20.1. The van der Waals surface area contributed by atoms with Crippen LogP contribution in [0, 0.1) is 10.1 Å². The number of nitrogens with zero attached hydrogens (tertiary/aromatic N) is 1. The molecule has 1 N–H and O–H groups in total. The lowest BCUT2D eigenvalue weighted by atomic mass is 10.0. The molecule has 0 fully saturated rings. The van der Waals surface area contributed by atoms with Crippen LogP contribution in [0.5, 0.6) is 5.75 Å².